The van der Waals surface area contributed by atoms with E-state index in [9.17, 15) is 22.7 Å². The summed E-state index contributed by atoms with van der Waals surface area (Å²) in [5.41, 5.74) is -0.156. The molecule has 0 radical (unpaired) electrons. The average molecular weight is 273 g/mol. The van der Waals surface area contributed by atoms with Gasteiger partial charge in [-0.2, -0.15) is 13.2 Å². The number of rotatable bonds is 4. The molecule has 1 aromatic rings. The van der Waals surface area contributed by atoms with Gasteiger partial charge in [-0.3, -0.25) is 0 Å². The molecule has 2 nitrogen and oxygen atoms in total. The largest absolute Gasteiger partial charge is 0.411 e. The van der Waals surface area contributed by atoms with E-state index in [2.05, 4.69) is 4.74 Å². The Morgan fingerprint density at radius 2 is 2.00 bits per heavy atom. The molecule has 0 aromatic heterocycles. The van der Waals surface area contributed by atoms with Gasteiger partial charge in [-0.25, -0.2) is 4.39 Å². The molecule has 7 heteroatoms. The summed E-state index contributed by atoms with van der Waals surface area (Å²) in [4.78, 5) is 0. The molecule has 1 unspecified atom stereocenters. The predicted octanol–water partition coefficient (Wildman–Crippen LogP) is 3.09. The number of aliphatic hydroxyl groups is 1. The van der Waals surface area contributed by atoms with Crippen molar-refractivity contribution in [2.45, 2.75) is 12.3 Å². The first-order valence-corrected chi connectivity index (χ1v) is 4.95. The molecule has 0 spiro atoms. The second-order valence-electron chi connectivity index (χ2n) is 3.31. The highest BCUT2D eigenvalue weighted by Crippen LogP contribution is 2.22. The fourth-order valence-corrected chi connectivity index (χ4v) is 1.31. The van der Waals surface area contributed by atoms with Gasteiger partial charge in [0, 0.05) is 10.6 Å². The van der Waals surface area contributed by atoms with Crippen molar-refractivity contribution in [2.75, 3.05) is 13.2 Å². The molecule has 0 bridgehead atoms. The zero-order valence-corrected chi connectivity index (χ0v) is 9.22. The first kappa shape index (κ1) is 14.2. The van der Waals surface area contributed by atoms with Crippen LogP contribution in [0.1, 0.15) is 11.7 Å². The van der Waals surface area contributed by atoms with Gasteiger partial charge in [0.15, 0.2) is 0 Å². The van der Waals surface area contributed by atoms with Crippen LogP contribution in [0.3, 0.4) is 0 Å². The van der Waals surface area contributed by atoms with Crippen molar-refractivity contribution in [2.24, 2.45) is 0 Å². The lowest BCUT2D eigenvalue weighted by Crippen LogP contribution is -2.20. The SMILES string of the molecule is OC(COCC(F)(F)F)c1ccc(Cl)cc1F. The molecule has 0 amide bonds. The second kappa shape index (κ2) is 5.66. The van der Waals surface area contributed by atoms with E-state index in [1.165, 1.54) is 12.1 Å². The minimum atomic E-state index is -4.47. The summed E-state index contributed by atoms with van der Waals surface area (Å²) in [6.45, 7) is -2.13. The van der Waals surface area contributed by atoms with E-state index in [1.54, 1.807) is 0 Å². The summed E-state index contributed by atoms with van der Waals surface area (Å²) in [7, 11) is 0. The van der Waals surface area contributed by atoms with Crippen LogP contribution in [0.5, 0.6) is 0 Å². The van der Waals surface area contributed by atoms with Crippen LogP contribution >= 0.6 is 11.6 Å². The first-order valence-electron chi connectivity index (χ1n) is 4.57. The van der Waals surface area contributed by atoms with Gasteiger partial charge in [-0.05, 0) is 12.1 Å². The molecule has 0 aliphatic rings. The molecule has 0 heterocycles. The summed E-state index contributed by atoms with van der Waals surface area (Å²) in [5.74, 6) is -0.791. The van der Waals surface area contributed by atoms with Crippen LogP contribution in [-0.2, 0) is 4.74 Å². The standard InChI is InChI=1S/C10H9ClF4O2/c11-6-1-2-7(8(12)3-6)9(16)4-17-5-10(13,14)15/h1-3,9,16H,4-5H2. The van der Waals surface area contributed by atoms with E-state index in [0.717, 1.165) is 6.07 Å². The lowest BCUT2D eigenvalue weighted by atomic mass is 10.1. The number of alkyl halides is 3. The van der Waals surface area contributed by atoms with Crippen molar-refractivity contribution in [1.29, 1.82) is 0 Å². The molecule has 0 saturated heterocycles. The van der Waals surface area contributed by atoms with E-state index < -0.39 is 31.3 Å². The Bertz CT molecular complexity index is 381. The maximum Gasteiger partial charge on any atom is 0.411 e. The fraction of sp³-hybridized carbons (Fsp3) is 0.400. The van der Waals surface area contributed by atoms with Crippen molar-refractivity contribution in [1.82, 2.24) is 0 Å². The maximum atomic E-state index is 13.2. The summed E-state index contributed by atoms with van der Waals surface area (Å²) in [6, 6.07) is 3.48. The van der Waals surface area contributed by atoms with E-state index in [0.29, 0.717) is 0 Å². The Labute approximate surface area is 99.8 Å². The quantitative estimate of drug-likeness (QED) is 0.854. The third-order valence-corrected chi connectivity index (χ3v) is 2.10. The molecule has 17 heavy (non-hydrogen) atoms. The molecule has 1 aromatic carbocycles. The lowest BCUT2D eigenvalue weighted by molar-refractivity contribution is -0.179. The van der Waals surface area contributed by atoms with Crippen molar-refractivity contribution in [3.05, 3.63) is 34.6 Å². The van der Waals surface area contributed by atoms with Crippen LogP contribution in [0, 0.1) is 5.82 Å². The summed E-state index contributed by atoms with van der Waals surface area (Å²) >= 11 is 5.48. The molecule has 1 atom stereocenters. The smallest absolute Gasteiger partial charge is 0.386 e. The highest BCUT2D eigenvalue weighted by atomic mass is 35.5. The van der Waals surface area contributed by atoms with Crippen molar-refractivity contribution < 1.29 is 27.4 Å². The first-order chi connectivity index (χ1) is 7.79. The van der Waals surface area contributed by atoms with Gasteiger partial charge in [0.1, 0.15) is 18.5 Å². The Balaban J connectivity index is 2.55. The average Bonchev–Trinajstić information content (AvgIpc) is 2.15. The van der Waals surface area contributed by atoms with Gasteiger partial charge >= 0.3 is 6.18 Å². The number of ether oxygens (including phenoxy) is 1. The van der Waals surface area contributed by atoms with E-state index in [1.807, 2.05) is 0 Å². The Morgan fingerprint density at radius 1 is 1.35 bits per heavy atom. The van der Waals surface area contributed by atoms with Gasteiger partial charge < -0.3 is 9.84 Å². The molecular weight excluding hydrogens is 264 g/mol. The highest BCUT2D eigenvalue weighted by molar-refractivity contribution is 6.30. The monoisotopic (exact) mass is 272 g/mol. The number of halogens is 5. The van der Waals surface area contributed by atoms with Crippen LogP contribution in [0.2, 0.25) is 5.02 Å². The van der Waals surface area contributed by atoms with Crippen LogP contribution in [0.25, 0.3) is 0 Å². The van der Waals surface area contributed by atoms with E-state index in [-0.39, 0.29) is 10.6 Å². The fourth-order valence-electron chi connectivity index (χ4n) is 1.15. The van der Waals surface area contributed by atoms with E-state index >= 15 is 0 Å². The number of aliphatic hydroxyl groups excluding tert-OH is 1. The van der Waals surface area contributed by atoms with Crippen molar-refractivity contribution in [3.63, 3.8) is 0 Å². The molecule has 1 N–H and O–H groups in total. The van der Waals surface area contributed by atoms with Crippen LogP contribution < -0.4 is 0 Å². The summed E-state index contributed by atoms with van der Waals surface area (Å²) < 4.78 is 52.7. The second-order valence-corrected chi connectivity index (χ2v) is 3.75. The zero-order valence-electron chi connectivity index (χ0n) is 8.47. The molecule has 0 fully saturated rings. The highest BCUT2D eigenvalue weighted by Gasteiger charge is 2.28. The van der Waals surface area contributed by atoms with Gasteiger partial charge in [0.25, 0.3) is 0 Å². The number of benzene rings is 1. The minimum absolute atomic E-state index is 0.134. The third kappa shape index (κ3) is 4.89. The predicted molar refractivity (Wildman–Crippen MR) is 53.2 cm³/mol. The van der Waals surface area contributed by atoms with Gasteiger partial charge in [0.2, 0.25) is 0 Å². The zero-order chi connectivity index (χ0) is 13.1. The molecule has 1 rings (SSSR count). The topological polar surface area (TPSA) is 29.5 Å². The van der Waals surface area contributed by atoms with Gasteiger partial charge in [0.05, 0.1) is 6.61 Å². The molecular formula is C10H9ClF4O2. The normalized spacial score (nSPS) is 13.8. The summed E-state index contributed by atoms with van der Waals surface area (Å²) in [6.07, 6.45) is -5.94. The van der Waals surface area contributed by atoms with Gasteiger partial charge in [-0.15, -0.1) is 0 Å². The molecule has 96 valence electrons. The van der Waals surface area contributed by atoms with Crippen LogP contribution in [-0.4, -0.2) is 24.5 Å². The number of hydrogen-bond acceptors (Lipinski definition) is 2. The van der Waals surface area contributed by atoms with Gasteiger partial charge in [-0.1, -0.05) is 17.7 Å². The summed E-state index contributed by atoms with van der Waals surface area (Å²) in [5, 5.41) is 9.55. The molecule has 0 aliphatic carbocycles. The van der Waals surface area contributed by atoms with Crippen LogP contribution in [0.15, 0.2) is 18.2 Å². The molecule has 0 saturated carbocycles. The maximum absolute atomic E-state index is 13.2. The Morgan fingerprint density at radius 3 is 2.53 bits per heavy atom. The minimum Gasteiger partial charge on any atom is -0.386 e. The Hall–Kier alpha value is -0.850. The van der Waals surface area contributed by atoms with Crippen molar-refractivity contribution in [3.8, 4) is 0 Å². The Kier molecular flexibility index (Phi) is 4.73. The third-order valence-electron chi connectivity index (χ3n) is 1.86. The van der Waals surface area contributed by atoms with Crippen LogP contribution in [0.4, 0.5) is 17.6 Å². The molecule has 0 aliphatic heterocycles. The van der Waals surface area contributed by atoms with Crippen molar-refractivity contribution >= 4 is 11.6 Å². The lowest BCUT2D eigenvalue weighted by Gasteiger charge is -2.13. The van der Waals surface area contributed by atoms with E-state index in [4.69, 9.17) is 11.6 Å². The number of hydrogen-bond donors (Lipinski definition) is 1.